The lowest BCUT2D eigenvalue weighted by Crippen LogP contribution is -1.94. The summed E-state index contributed by atoms with van der Waals surface area (Å²) in [4.78, 5) is 8.20. The molecule has 0 unspecified atom stereocenters. The molecule has 6 heteroatoms. The van der Waals surface area contributed by atoms with Crippen molar-refractivity contribution >= 4 is 11.0 Å². The molecule has 0 saturated heterocycles. The maximum absolute atomic E-state index is 9.38. The van der Waals surface area contributed by atoms with Crippen molar-refractivity contribution in [2.45, 2.75) is 0 Å². The minimum absolute atomic E-state index is 0.143. The average molecular weight is 242 g/mol. The minimum atomic E-state index is 0.143. The zero-order valence-electron chi connectivity index (χ0n) is 9.61. The van der Waals surface area contributed by atoms with Crippen LogP contribution < -0.4 is 4.74 Å². The fourth-order valence-electron chi connectivity index (χ4n) is 1.68. The zero-order chi connectivity index (χ0) is 12.5. The van der Waals surface area contributed by atoms with Gasteiger partial charge in [-0.25, -0.2) is 9.97 Å². The number of benzene rings is 1. The molecule has 0 radical (unpaired) electrons. The summed E-state index contributed by atoms with van der Waals surface area (Å²) in [7, 11) is 1.80. The molecule has 0 aliphatic heterocycles. The van der Waals surface area contributed by atoms with Crippen molar-refractivity contribution in [3.63, 3.8) is 0 Å². The summed E-state index contributed by atoms with van der Waals surface area (Å²) in [6.45, 7) is 0. The van der Waals surface area contributed by atoms with Crippen LogP contribution in [0.5, 0.6) is 17.4 Å². The van der Waals surface area contributed by atoms with Gasteiger partial charge in [-0.05, 0) is 12.1 Å². The van der Waals surface area contributed by atoms with Gasteiger partial charge in [0.2, 0.25) is 5.88 Å². The molecule has 1 N–H and O–H groups in total. The lowest BCUT2D eigenvalue weighted by Gasteiger charge is -2.05. The number of rotatable bonds is 2. The summed E-state index contributed by atoms with van der Waals surface area (Å²) < 4.78 is 7.27. The van der Waals surface area contributed by atoms with Crippen LogP contribution in [0.2, 0.25) is 0 Å². The van der Waals surface area contributed by atoms with Gasteiger partial charge in [-0.2, -0.15) is 5.10 Å². The van der Waals surface area contributed by atoms with E-state index >= 15 is 0 Å². The van der Waals surface area contributed by atoms with Crippen molar-refractivity contribution in [3.8, 4) is 17.4 Å². The number of aromatic nitrogens is 4. The van der Waals surface area contributed by atoms with E-state index < -0.39 is 0 Å². The summed E-state index contributed by atoms with van der Waals surface area (Å²) in [6, 6.07) is 6.53. The van der Waals surface area contributed by atoms with E-state index in [9.17, 15) is 5.11 Å². The van der Waals surface area contributed by atoms with Crippen LogP contribution in [0.3, 0.4) is 0 Å². The second-order valence-electron chi connectivity index (χ2n) is 3.78. The topological polar surface area (TPSA) is 73.1 Å². The molecule has 0 aliphatic rings. The highest BCUT2D eigenvalue weighted by Gasteiger charge is 2.09. The first kappa shape index (κ1) is 10.5. The van der Waals surface area contributed by atoms with E-state index in [0.717, 1.165) is 5.39 Å². The van der Waals surface area contributed by atoms with Gasteiger partial charge in [0.1, 0.15) is 23.2 Å². The predicted octanol–water partition coefficient (Wildman–Crippen LogP) is 1.86. The zero-order valence-corrected chi connectivity index (χ0v) is 9.61. The average Bonchev–Trinajstić information content (AvgIpc) is 2.73. The molecule has 3 rings (SSSR count). The van der Waals surface area contributed by atoms with Crippen LogP contribution in [-0.2, 0) is 7.05 Å². The Bertz CT molecular complexity index is 708. The number of hydrogen-bond donors (Lipinski definition) is 1. The summed E-state index contributed by atoms with van der Waals surface area (Å²) in [5.74, 6) is 1.07. The molecule has 0 amide bonds. The van der Waals surface area contributed by atoms with Gasteiger partial charge in [0.25, 0.3) is 0 Å². The number of aromatic hydroxyl groups is 1. The summed E-state index contributed by atoms with van der Waals surface area (Å²) in [5.41, 5.74) is 0.695. The van der Waals surface area contributed by atoms with Gasteiger partial charge in [-0.3, -0.25) is 4.68 Å². The van der Waals surface area contributed by atoms with Crippen LogP contribution >= 0.6 is 0 Å². The van der Waals surface area contributed by atoms with Gasteiger partial charge in [0.05, 0.1) is 6.20 Å². The molecule has 0 fully saturated rings. The third-order valence-electron chi connectivity index (χ3n) is 2.53. The number of fused-ring (bicyclic) bond motifs is 1. The SMILES string of the molecule is Cn1ncc2c(Oc3cccc(O)c3)ncnc21. The van der Waals surface area contributed by atoms with Crippen LogP contribution in [0, 0.1) is 0 Å². The Morgan fingerprint density at radius 2 is 2.17 bits per heavy atom. The lowest BCUT2D eigenvalue weighted by atomic mass is 10.3. The van der Waals surface area contributed by atoms with Crippen molar-refractivity contribution in [1.29, 1.82) is 0 Å². The van der Waals surface area contributed by atoms with Gasteiger partial charge in [-0.15, -0.1) is 0 Å². The smallest absolute Gasteiger partial charge is 0.233 e. The Balaban J connectivity index is 2.05. The van der Waals surface area contributed by atoms with Gasteiger partial charge < -0.3 is 9.84 Å². The van der Waals surface area contributed by atoms with E-state index in [4.69, 9.17) is 4.74 Å². The van der Waals surface area contributed by atoms with Gasteiger partial charge in [-0.1, -0.05) is 6.07 Å². The Hall–Kier alpha value is -2.63. The van der Waals surface area contributed by atoms with Gasteiger partial charge >= 0.3 is 0 Å². The van der Waals surface area contributed by atoms with Crippen molar-refractivity contribution in [1.82, 2.24) is 19.7 Å². The Morgan fingerprint density at radius 1 is 1.28 bits per heavy atom. The van der Waals surface area contributed by atoms with E-state index in [1.165, 1.54) is 12.4 Å². The van der Waals surface area contributed by atoms with Crippen LogP contribution in [0.15, 0.2) is 36.8 Å². The minimum Gasteiger partial charge on any atom is -0.508 e. The number of aryl methyl sites for hydroxylation is 1. The van der Waals surface area contributed by atoms with Gasteiger partial charge in [0.15, 0.2) is 5.65 Å². The highest BCUT2D eigenvalue weighted by molar-refractivity contribution is 5.79. The molecule has 18 heavy (non-hydrogen) atoms. The number of nitrogens with zero attached hydrogens (tertiary/aromatic N) is 4. The Labute approximate surface area is 102 Å². The number of phenolic OH excluding ortho intramolecular Hbond substituents is 1. The lowest BCUT2D eigenvalue weighted by molar-refractivity contribution is 0.448. The van der Waals surface area contributed by atoms with Crippen LogP contribution in [0.4, 0.5) is 0 Å². The second kappa shape index (κ2) is 3.99. The third kappa shape index (κ3) is 1.73. The van der Waals surface area contributed by atoms with Crippen molar-refractivity contribution < 1.29 is 9.84 Å². The number of phenols is 1. The second-order valence-corrected chi connectivity index (χ2v) is 3.78. The largest absolute Gasteiger partial charge is 0.508 e. The fourth-order valence-corrected chi connectivity index (χ4v) is 1.68. The van der Waals surface area contributed by atoms with Gasteiger partial charge in [0, 0.05) is 13.1 Å². The molecule has 6 nitrogen and oxygen atoms in total. The Kier molecular flexibility index (Phi) is 2.33. The molecule has 1 aromatic carbocycles. The number of ether oxygens (including phenoxy) is 1. The molecule has 0 spiro atoms. The van der Waals surface area contributed by atoms with E-state index in [-0.39, 0.29) is 5.75 Å². The molecular formula is C12H10N4O2. The highest BCUT2D eigenvalue weighted by Crippen LogP contribution is 2.27. The van der Waals surface area contributed by atoms with Crippen LogP contribution in [0.1, 0.15) is 0 Å². The molecule has 0 bridgehead atoms. The fraction of sp³-hybridized carbons (Fsp3) is 0.0833. The highest BCUT2D eigenvalue weighted by atomic mass is 16.5. The molecule has 0 saturated carbocycles. The van der Waals surface area contributed by atoms with Crippen molar-refractivity contribution in [2.75, 3.05) is 0 Å². The molecule has 0 aliphatic carbocycles. The third-order valence-corrected chi connectivity index (χ3v) is 2.53. The molecule has 2 aromatic heterocycles. The summed E-state index contributed by atoms with van der Waals surface area (Å²) in [5, 5.41) is 14.2. The maximum atomic E-state index is 9.38. The first-order valence-electron chi connectivity index (χ1n) is 5.33. The van der Waals surface area contributed by atoms with E-state index in [2.05, 4.69) is 15.1 Å². The van der Waals surface area contributed by atoms with E-state index in [1.54, 1.807) is 36.1 Å². The Morgan fingerprint density at radius 3 is 3.00 bits per heavy atom. The predicted molar refractivity (Wildman–Crippen MR) is 64.5 cm³/mol. The quantitative estimate of drug-likeness (QED) is 0.742. The molecule has 2 heterocycles. The first-order chi connectivity index (χ1) is 8.74. The van der Waals surface area contributed by atoms with E-state index in [0.29, 0.717) is 17.3 Å². The molecule has 0 atom stereocenters. The van der Waals surface area contributed by atoms with Crippen LogP contribution in [-0.4, -0.2) is 24.9 Å². The maximum Gasteiger partial charge on any atom is 0.233 e. The molecule has 90 valence electrons. The van der Waals surface area contributed by atoms with Crippen LogP contribution in [0.25, 0.3) is 11.0 Å². The van der Waals surface area contributed by atoms with Crippen molar-refractivity contribution in [3.05, 3.63) is 36.8 Å². The first-order valence-corrected chi connectivity index (χ1v) is 5.33. The monoisotopic (exact) mass is 242 g/mol. The van der Waals surface area contributed by atoms with E-state index in [1.807, 2.05) is 0 Å². The normalized spacial score (nSPS) is 10.7. The standard InChI is InChI=1S/C12H10N4O2/c1-16-11-10(6-15-16)12(14-7-13-11)18-9-4-2-3-8(17)5-9/h2-7,17H,1H3. The van der Waals surface area contributed by atoms with Crippen molar-refractivity contribution in [2.24, 2.45) is 7.05 Å². The summed E-state index contributed by atoms with van der Waals surface area (Å²) >= 11 is 0. The summed E-state index contributed by atoms with van der Waals surface area (Å²) in [6.07, 6.45) is 3.07. The number of hydrogen-bond acceptors (Lipinski definition) is 5. The molecule has 3 aromatic rings. The molecular weight excluding hydrogens is 232 g/mol.